The van der Waals surface area contributed by atoms with Gasteiger partial charge in [-0.3, -0.25) is 14.6 Å². The van der Waals surface area contributed by atoms with Crippen molar-refractivity contribution >= 4 is 34.6 Å². The number of aromatic nitrogens is 1. The lowest BCUT2D eigenvalue weighted by atomic mass is 10.2. The van der Waals surface area contributed by atoms with Gasteiger partial charge < -0.3 is 16.0 Å². The number of hydrogen-bond acceptors (Lipinski definition) is 4. The summed E-state index contributed by atoms with van der Waals surface area (Å²) in [6.07, 6.45) is 2.98. The largest absolute Gasteiger partial charge is 0.354 e. The third-order valence-corrected chi connectivity index (χ3v) is 3.55. The zero-order valence-electron chi connectivity index (χ0n) is 14.5. The van der Waals surface area contributed by atoms with Crippen LogP contribution in [0.4, 0.5) is 27.1 Å². The van der Waals surface area contributed by atoms with Gasteiger partial charge in [0.05, 0.1) is 17.4 Å². The highest BCUT2D eigenvalue weighted by atomic mass is 19.1. The Morgan fingerprint density at radius 2 is 1.56 bits per heavy atom. The van der Waals surface area contributed by atoms with Crippen molar-refractivity contribution in [2.75, 3.05) is 16.0 Å². The predicted octanol–water partition coefficient (Wildman–Crippen LogP) is 4.18. The van der Waals surface area contributed by atoms with Crippen molar-refractivity contribution in [1.82, 2.24) is 4.98 Å². The van der Waals surface area contributed by atoms with E-state index in [2.05, 4.69) is 20.9 Å². The molecule has 0 aliphatic heterocycles. The first-order valence-electron chi connectivity index (χ1n) is 8.16. The summed E-state index contributed by atoms with van der Waals surface area (Å²) >= 11 is 0. The fraction of sp³-hybridized carbons (Fsp3) is 0.0500. The van der Waals surface area contributed by atoms with Gasteiger partial charge in [-0.25, -0.2) is 4.39 Å². The van der Waals surface area contributed by atoms with Gasteiger partial charge in [0.25, 0.3) is 5.91 Å². The van der Waals surface area contributed by atoms with Gasteiger partial charge in [0.1, 0.15) is 5.82 Å². The minimum absolute atomic E-state index is 0.196. The Balaban J connectivity index is 1.73. The molecule has 0 fully saturated rings. The van der Waals surface area contributed by atoms with Gasteiger partial charge in [0.15, 0.2) is 0 Å². The van der Waals surface area contributed by atoms with E-state index in [1.807, 2.05) is 0 Å². The number of carbonyl (C=O) groups is 2. The zero-order valence-corrected chi connectivity index (χ0v) is 14.5. The van der Waals surface area contributed by atoms with Crippen LogP contribution >= 0.6 is 0 Å². The van der Waals surface area contributed by atoms with Crippen LogP contribution in [0, 0.1) is 5.82 Å². The maximum Gasteiger partial charge on any atom is 0.257 e. The molecular weight excluding hydrogens is 347 g/mol. The number of pyridine rings is 1. The molecule has 0 atom stereocenters. The normalized spacial score (nSPS) is 10.1. The molecule has 136 valence electrons. The van der Waals surface area contributed by atoms with Crippen molar-refractivity contribution < 1.29 is 14.0 Å². The molecule has 6 nitrogen and oxygen atoms in total. The van der Waals surface area contributed by atoms with E-state index in [-0.39, 0.29) is 17.6 Å². The lowest BCUT2D eigenvalue weighted by Gasteiger charge is -2.10. The van der Waals surface area contributed by atoms with Crippen LogP contribution in [0.15, 0.2) is 67.0 Å². The lowest BCUT2D eigenvalue weighted by Crippen LogP contribution is -2.13. The van der Waals surface area contributed by atoms with Crippen molar-refractivity contribution in [3.63, 3.8) is 0 Å². The summed E-state index contributed by atoms with van der Waals surface area (Å²) in [6, 6.07) is 14.4. The summed E-state index contributed by atoms with van der Waals surface area (Å²) in [5.74, 6) is -0.912. The van der Waals surface area contributed by atoms with Crippen LogP contribution < -0.4 is 16.0 Å². The molecule has 27 heavy (non-hydrogen) atoms. The van der Waals surface area contributed by atoms with E-state index in [0.29, 0.717) is 28.3 Å². The first-order valence-corrected chi connectivity index (χ1v) is 8.16. The highest BCUT2D eigenvalue weighted by Crippen LogP contribution is 2.19. The molecule has 0 spiro atoms. The Kier molecular flexibility index (Phi) is 5.41. The quantitative estimate of drug-likeness (QED) is 0.634. The first kappa shape index (κ1) is 18.1. The topological polar surface area (TPSA) is 83.1 Å². The number of nitrogens with one attached hydrogen (secondary N) is 3. The number of nitrogens with zero attached hydrogens (tertiary/aromatic N) is 1. The summed E-state index contributed by atoms with van der Waals surface area (Å²) in [5, 5.41) is 8.41. The molecule has 3 rings (SSSR count). The number of halogens is 1. The van der Waals surface area contributed by atoms with Crippen molar-refractivity contribution in [1.29, 1.82) is 0 Å². The Morgan fingerprint density at radius 3 is 2.30 bits per heavy atom. The van der Waals surface area contributed by atoms with Gasteiger partial charge in [-0.2, -0.15) is 0 Å². The molecule has 0 radical (unpaired) electrons. The predicted molar refractivity (Wildman–Crippen MR) is 103 cm³/mol. The Labute approximate surface area is 155 Å². The fourth-order valence-corrected chi connectivity index (χ4v) is 2.45. The molecule has 1 aromatic heterocycles. The standard InChI is InChI=1S/C20H17FN4O2/c1-13(26)23-17-6-3-7-18(10-17)25-20(27)14-8-19(12-22-11-14)24-16-5-2-4-15(21)9-16/h2-12,24H,1H3,(H,23,26)(H,25,27). The van der Waals surface area contributed by atoms with E-state index in [1.165, 1.54) is 25.3 Å². The summed E-state index contributed by atoms with van der Waals surface area (Å²) in [5.41, 5.74) is 2.56. The third kappa shape index (κ3) is 5.12. The number of hydrogen-bond donors (Lipinski definition) is 3. The summed E-state index contributed by atoms with van der Waals surface area (Å²) < 4.78 is 13.3. The molecule has 0 saturated heterocycles. The maximum atomic E-state index is 13.3. The monoisotopic (exact) mass is 364 g/mol. The summed E-state index contributed by atoms with van der Waals surface area (Å²) in [4.78, 5) is 27.7. The molecule has 2 aromatic carbocycles. The van der Waals surface area contributed by atoms with Crippen molar-refractivity contribution in [3.8, 4) is 0 Å². The summed E-state index contributed by atoms with van der Waals surface area (Å²) in [7, 11) is 0. The molecule has 0 bridgehead atoms. The van der Waals surface area contributed by atoms with Crippen LogP contribution in [0.5, 0.6) is 0 Å². The molecule has 2 amide bonds. The van der Waals surface area contributed by atoms with Gasteiger partial charge in [0.2, 0.25) is 5.91 Å². The van der Waals surface area contributed by atoms with Crippen molar-refractivity contribution in [2.45, 2.75) is 6.92 Å². The summed E-state index contributed by atoms with van der Waals surface area (Å²) in [6.45, 7) is 1.41. The van der Waals surface area contributed by atoms with Gasteiger partial charge in [0, 0.05) is 30.2 Å². The van der Waals surface area contributed by atoms with Gasteiger partial charge in [-0.15, -0.1) is 0 Å². The number of benzene rings is 2. The van der Waals surface area contributed by atoms with E-state index in [1.54, 1.807) is 48.7 Å². The second-order valence-corrected chi connectivity index (χ2v) is 5.81. The molecule has 3 aromatic rings. The minimum Gasteiger partial charge on any atom is -0.354 e. The molecule has 0 aliphatic carbocycles. The van der Waals surface area contributed by atoms with Crippen LogP contribution in [0.2, 0.25) is 0 Å². The number of carbonyl (C=O) groups excluding carboxylic acids is 2. The van der Waals surface area contributed by atoms with Crippen LogP contribution in [0.1, 0.15) is 17.3 Å². The van der Waals surface area contributed by atoms with Crippen LogP contribution in [0.3, 0.4) is 0 Å². The molecule has 7 heteroatoms. The average molecular weight is 364 g/mol. The molecule has 1 heterocycles. The maximum absolute atomic E-state index is 13.3. The Morgan fingerprint density at radius 1 is 0.852 bits per heavy atom. The van der Waals surface area contributed by atoms with E-state index < -0.39 is 0 Å². The van der Waals surface area contributed by atoms with E-state index in [0.717, 1.165) is 0 Å². The van der Waals surface area contributed by atoms with Crippen LogP contribution in [0.25, 0.3) is 0 Å². The Bertz CT molecular complexity index is 991. The van der Waals surface area contributed by atoms with Gasteiger partial charge >= 0.3 is 0 Å². The number of amides is 2. The number of anilines is 4. The van der Waals surface area contributed by atoms with E-state index >= 15 is 0 Å². The second-order valence-electron chi connectivity index (χ2n) is 5.81. The average Bonchev–Trinajstić information content (AvgIpc) is 2.62. The fourth-order valence-electron chi connectivity index (χ4n) is 2.45. The third-order valence-electron chi connectivity index (χ3n) is 3.55. The van der Waals surface area contributed by atoms with E-state index in [9.17, 15) is 14.0 Å². The number of rotatable bonds is 5. The van der Waals surface area contributed by atoms with Gasteiger partial charge in [-0.05, 0) is 42.5 Å². The zero-order chi connectivity index (χ0) is 19.2. The molecular formula is C20H17FN4O2. The Hall–Kier alpha value is -3.74. The second kappa shape index (κ2) is 8.09. The molecule has 0 saturated carbocycles. The highest BCUT2D eigenvalue weighted by molar-refractivity contribution is 6.05. The van der Waals surface area contributed by atoms with Gasteiger partial charge in [-0.1, -0.05) is 12.1 Å². The molecule has 0 aliphatic rings. The van der Waals surface area contributed by atoms with Crippen LogP contribution in [-0.4, -0.2) is 16.8 Å². The first-order chi connectivity index (χ1) is 13.0. The lowest BCUT2D eigenvalue weighted by molar-refractivity contribution is -0.114. The highest BCUT2D eigenvalue weighted by Gasteiger charge is 2.09. The molecule has 3 N–H and O–H groups in total. The SMILES string of the molecule is CC(=O)Nc1cccc(NC(=O)c2cncc(Nc3cccc(F)c3)c2)c1. The van der Waals surface area contributed by atoms with Crippen molar-refractivity contribution in [2.24, 2.45) is 0 Å². The van der Waals surface area contributed by atoms with E-state index in [4.69, 9.17) is 0 Å². The minimum atomic E-state index is -0.360. The van der Waals surface area contributed by atoms with Crippen molar-refractivity contribution in [3.05, 3.63) is 78.4 Å². The van der Waals surface area contributed by atoms with Crippen LogP contribution in [-0.2, 0) is 4.79 Å². The smallest absolute Gasteiger partial charge is 0.257 e. The molecule has 0 unspecified atom stereocenters.